The minimum atomic E-state index is -0.340. The molecule has 0 spiro atoms. The van der Waals surface area contributed by atoms with E-state index in [9.17, 15) is 4.39 Å². The summed E-state index contributed by atoms with van der Waals surface area (Å²) in [5, 5.41) is 0.389. The molecular weight excluding hydrogens is 317 g/mol. The van der Waals surface area contributed by atoms with Crippen LogP contribution < -0.4 is 4.90 Å². The number of fused-ring (bicyclic) bond motifs is 1. The Kier molecular flexibility index (Phi) is 3.50. The van der Waals surface area contributed by atoms with Crippen LogP contribution in [0.4, 0.5) is 10.1 Å². The second-order valence-corrected chi connectivity index (χ2v) is 5.84. The van der Waals surface area contributed by atoms with Crippen LogP contribution in [0.2, 0.25) is 5.02 Å². The van der Waals surface area contributed by atoms with Crippen LogP contribution in [0.1, 0.15) is 11.5 Å². The van der Waals surface area contributed by atoms with E-state index in [2.05, 4.69) is 9.97 Å². The zero-order valence-corrected chi connectivity index (χ0v) is 12.9. The van der Waals surface area contributed by atoms with E-state index in [0.717, 1.165) is 23.7 Å². The second kappa shape index (κ2) is 5.66. The molecule has 0 amide bonds. The van der Waals surface area contributed by atoms with Crippen LogP contribution in [-0.2, 0) is 13.0 Å². The molecule has 0 unspecified atom stereocenters. The largest absolute Gasteiger partial charge is 0.439 e. The fourth-order valence-corrected chi connectivity index (χ4v) is 2.96. The molecule has 0 saturated heterocycles. The maximum absolute atomic E-state index is 13.6. The molecule has 0 saturated carbocycles. The molecule has 3 aromatic rings. The van der Waals surface area contributed by atoms with Crippen molar-refractivity contribution in [1.29, 1.82) is 0 Å². The molecule has 23 heavy (non-hydrogen) atoms. The van der Waals surface area contributed by atoms with Gasteiger partial charge in [-0.25, -0.2) is 9.37 Å². The van der Waals surface area contributed by atoms with E-state index in [4.69, 9.17) is 16.0 Å². The lowest BCUT2D eigenvalue weighted by Gasteiger charge is -2.27. The third kappa shape index (κ3) is 2.80. The number of hydrogen-bond donors (Lipinski definition) is 0. The Morgan fingerprint density at radius 3 is 2.91 bits per heavy atom. The Hall–Kier alpha value is -2.40. The Balaban J connectivity index is 1.63. The summed E-state index contributed by atoms with van der Waals surface area (Å²) in [7, 11) is 0. The molecule has 3 heterocycles. The van der Waals surface area contributed by atoms with Gasteiger partial charge in [-0.15, -0.1) is 0 Å². The van der Waals surface area contributed by atoms with Gasteiger partial charge in [0.15, 0.2) is 0 Å². The summed E-state index contributed by atoms with van der Waals surface area (Å²) in [6.45, 7) is 1.29. The van der Waals surface area contributed by atoms with Gasteiger partial charge in [-0.3, -0.25) is 4.98 Å². The molecular formula is C17H13ClFN3O. The van der Waals surface area contributed by atoms with Crippen molar-refractivity contribution in [2.45, 2.75) is 13.0 Å². The van der Waals surface area contributed by atoms with Crippen molar-refractivity contribution in [3.05, 3.63) is 64.9 Å². The van der Waals surface area contributed by atoms with Crippen molar-refractivity contribution in [1.82, 2.24) is 9.97 Å². The first-order valence-corrected chi connectivity index (χ1v) is 7.68. The molecule has 0 atom stereocenters. The van der Waals surface area contributed by atoms with Gasteiger partial charge in [0.05, 0.1) is 6.54 Å². The van der Waals surface area contributed by atoms with Crippen molar-refractivity contribution < 1.29 is 8.81 Å². The lowest BCUT2D eigenvalue weighted by Crippen LogP contribution is -2.30. The van der Waals surface area contributed by atoms with E-state index in [-0.39, 0.29) is 5.82 Å². The molecule has 1 aliphatic rings. The van der Waals surface area contributed by atoms with E-state index in [0.29, 0.717) is 29.6 Å². The molecule has 2 aromatic heterocycles. The molecule has 0 aliphatic carbocycles. The predicted molar refractivity (Wildman–Crippen MR) is 85.9 cm³/mol. The number of rotatable bonds is 2. The summed E-state index contributed by atoms with van der Waals surface area (Å²) in [5.74, 6) is 1.05. The topological polar surface area (TPSA) is 42.2 Å². The Labute approximate surface area is 137 Å². The van der Waals surface area contributed by atoms with Crippen LogP contribution in [-0.4, -0.2) is 16.5 Å². The van der Waals surface area contributed by atoms with Gasteiger partial charge >= 0.3 is 0 Å². The maximum atomic E-state index is 13.6. The highest BCUT2D eigenvalue weighted by atomic mass is 35.5. The van der Waals surface area contributed by atoms with Gasteiger partial charge in [0, 0.05) is 29.9 Å². The normalized spacial score (nSPS) is 13.9. The number of halogens is 2. The maximum Gasteiger partial charge on any atom is 0.245 e. The molecule has 0 bridgehead atoms. The standard InChI is InChI=1S/C17H13ClFN3O/c18-11-7-12(19)9-13(8-11)22-6-4-16-15(10-22)21-17(23-16)14-3-1-2-5-20-14/h1-3,5,7-9H,4,6,10H2. The molecule has 0 N–H and O–H groups in total. The SMILES string of the molecule is Fc1cc(Cl)cc(N2CCc3oc(-c4ccccn4)nc3C2)c1. The monoisotopic (exact) mass is 329 g/mol. The predicted octanol–water partition coefficient (Wildman–Crippen LogP) is 4.09. The second-order valence-electron chi connectivity index (χ2n) is 5.40. The molecule has 6 heteroatoms. The first kappa shape index (κ1) is 14.2. The summed E-state index contributed by atoms with van der Waals surface area (Å²) in [5.41, 5.74) is 2.32. The Morgan fingerprint density at radius 1 is 1.22 bits per heavy atom. The molecule has 4 rings (SSSR count). The summed E-state index contributed by atoms with van der Waals surface area (Å²) >= 11 is 5.94. The van der Waals surface area contributed by atoms with E-state index in [1.54, 1.807) is 12.3 Å². The fourth-order valence-electron chi connectivity index (χ4n) is 2.74. The lowest BCUT2D eigenvalue weighted by molar-refractivity contribution is 0.498. The van der Waals surface area contributed by atoms with Crippen molar-refractivity contribution >= 4 is 17.3 Å². The van der Waals surface area contributed by atoms with Gasteiger partial charge < -0.3 is 9.32 Å². The molecule has 0 radical (unpaired) electrons. The number of nitrogens with zero attached hydrogens (tertiary/aromatic N) is 3. The third-order valence-corrected chi connectivity index (χ3v) is 4.04. The van der Waals surface area contributed by atoms with Crippen LogP contribution >= 0.6 is 11.6 Å². The van der Waals surface area contributed by atoms with Gasteiger partial charge in [-0.2, -0.15) is 0 Å². The molecule has 116 valence electrons. The van der Waals surface area contributed by atoms with Gasteiger partial charge in [-0.05, 0) is 30.3 Å². The van der Waals surface area contributed by atoms with Crippen LogP contribution in [0.25, 0.3) is 11.6 Å². The number of anilines is 1. The Morgan fingerprint density at radius 2 is 2.13 bits per heavy atom. The highest BCUT2D eigenvalue weighted by Gasteiger charge is 2.23. The van der Waals surface area contributed by atoms with Gasteiger partial charge in [0.1, 0.15) is 23.0 Å². The summed E-state index contributed by atoms with van der Waals surface area (Å²) in [6.07, 6.45) is 2.42. The van der Waals surface area contributed by atoms with Crippen molar-refractivity contribution in [2.24, 2.45) is 0 Å². The van der Waals surface area contributed by atoms with Crippen LogP contribution in [0.15, 0.2) is 47.0 Å². The van der Waals surface area contributed by atoms with Gasteiger partial charge in [0.2, 0.25) is 5.89 Å². The zero-order chi connectivity index (χ0) is 15.8. The zero-order valence-electron chi connectivity index (χ0n) is 12.2. The van der Waals surface area contributed by atoms with Gasteiger partial charge in [0.25, 0.3) is 0 Å². The Bertz CT molecular complexity index is 830. The molecule has 1 aliphatic heterocycles. The minimum absolute atomic E-state index is 0.340. The van der Waals surface area contributed by atoms with Crippen molar-refractivity contribution in [2.75, 3.05) is 11.4 Å². The van der Waals surface area contributed by atoms with Crippen LogP contribution in [0.3, 0.4) is 0 Å². The quantitative estimate of drug-likeness (QED) is 0.710. The molecule has 0 fully saturated rings. The lowest BCUT2D eigenvalue weighted by atomic mass is 10.1. The first-order valence-electron chi connectivity index (χ1n) is 7.30. The molecule has 4 nitrogen and oxygen atoms in total. The average molecular weight is 330 g/mol. The van der Waals surface area contributed by atoms with E-state index in [1.165, 1.54) is 12.1 Å². The number of pyridine rings is 1. The highest BCUT2D eigenvalue weighted by molar-refractivity contribution is 6.30. The summed E-state index contributed by atoms with van der Waals surface area (Å²) < 4.78 is 19.4. The summed E-state index contributed by atoms with van der Waals surface area (Å²) in [6, 6.07) is 10.2. The smallest absolute Gasteiger partial charge is 0.245 e. The average Bonchev–Trinajstić information content (AvgIpc) is 2.98. The number of aromatic nitrogens is 2. The number of benzene rings is 1. The summed E-state index contributed by atoms with van der Waals surface area (Å²) in [4.78, 5) is 10.8. The first-order chi connectivity index (χ1) is 11.2. The highest BCUT2D eigenvalue weighted by Crippen LogP contribution is 2.29. The number of oxazole rings is 1. The third-order valence-electron chi connectivity index (χ3n) is 3.82. The van der Waals surface area contributed by atoms with Crippen molar-refractivity contribution in [3.8, 4) is 11.6 Å². The molecule has 1 aromatic carbocycles. The minimum Gasteiger partial charge on any atom is -0.439 e. The number of hydrogen-bond acceptors (Lipinski definition) is 4. The van der Waals surface area contributed by atoms with Crippen LogP contribution in [0, 0.1) is 5.82 Å². The van der Waals surface area contributed by atoms with Crippen molar-refractivity contribution in [3.63, 3.8) is 0 Å². The van der Waals surface area contributed by atoms with Gasteiger partial charge in [-0.1, -0.05) is 17.7 Å². The van der Waals surface area contributed by atoms with E-state index < -0.39 is 0 Å². The van der Waals surface area contributed by atoms with E-state index in [1.807, 2.05) is 23.1 Å². The van der Waals surface area contributed by atoms with E-state index >= 15 is 0 Å². The van der Waals surface area contributed by atoms with Crippen LogP contribution in [0.5, 0.6) is 0 Å². The fraction of sp³-hybridized carbons (Fsp3) is 0.176.